The molecule has 2 heterocycles. The lowest BCUT2D eigenvalue weighted by molar-refractivity contribution is 0.0299. The van der Waals surface area contributed by atoms with Crippen LogP contribution in [0, 0.1) is 0 Å². The number of carbonyl (C=O) groups excluding carboxylic acids is 2. The molecule has 1 aliphatic rings. The van der Waals surface area contributed by atoms with Crippen LogP contribution in [0.2, 0.25) is 0 Å². The molecule has 0 atom stereocenters. The second kappa shape index (κ2) is 8.58. The average Bonchev–Trinajstić information content (AvgIpc) is 2.72. The molecule has 1 aliphatic heterocycles. The van der Waals surface area contributed by atoms with Gasteiger partial charge in [-0.05, 0) is 24.6 Å². The first-order valence-corrected chi connectivity index (χ1v) is 8.86. The molecule has 0 aliphatic carbocycles. The number of aromatic nitrogens is 1. The van der Waals surface area contributed by atoms with Gasteiger partial charge in [0, 0.05) is 26.2 Å². The molecule has 0 spiro atoms. The van der Waals surface area contributed by atoms with Crippen LogP contribution < -0.4 is 0 Å². The summed E-state index contributed by atoms with van der Waals surface area (Å²) in [6.45, 7) is 5.18. The highest BCUT2D eigenvalue weighted by Crippen LogP contribution is 2.11. The van der Waals surface area contributed by atoms with Crippen LogP contribution in [-0.4, -0.2) is 59.4 Å². The standard InChI is InChI=1S/C20H23N3O3/c1-2-22(15-16-7-4-3-5-8-16)19(24)17-9-6-10-18(21-17)20(25)23-11-13-26-14-12-23/h3-10H,2,11-15H2,1H3. The van der Waals surface area contributed by atoms with Crippen molar-refractivity contribution in [1.29, 1.82) is 0 Å². The SMILES string of the molecule is CCN(Cc1ccccc1)C(=O)c1cccc(C(=O)N2CCOCC2)n1. The maximum absolute atomic E-state index is 12.8. The van der Waals surface area contributed by atoms with E-state index in [0.29, 0.717) is 50.8 Å². The Morgan fingerprint density at radius 2 is 1.73 bits per heavy atom. The van der Waals surface area contributed by atoms with Crippen molar-refractivity contribution in [2.24, 2.45) is 0 Å². The molecule has 0 bridgehead atoms. The molecule has 1 aromatic carbocycles. The van der Waals surface area contributed by atoms with Gasteiger partial charge in [-0.15, -0.1) is 0 Å². The number of ether oxygens (including phenoxy) is 1. The fourth-order valence-corrected chi connectivity index (χ4v) is 2.89. The third-order valence-electron chi connectivity index (χ3n) is 4.37. The van der Waals surface area contributed by atoms with E-state index in [-0.39, 0.29) is 11.8 Å². The van der Waals surface area contributed by atoms with Gasteiger partial charge in [-0.25, -0.2) is 4.98 Å². The first-order chi connectivity index (χ1) is 12.7. The van der Waals surface area contributed by atoms with Gasteiger partial charge in [0.25, 0.3) is 11.8 Å². The summed E-state index contributed by atoms with van der Waals surface area (Å²) in [4.78, 5) is 33.2. The van der Waals surface area contributed by atoms with Crippen molar-refractivity contribution >= 4 is 11.8 Å². The second-order valence-electron chi connectivity index (χ2n) is 6.12. The highest BCUT2D eigenvalue weighted by atomic mass is 16.5. The van der Waals surface area contributed by atoms with Gasteiger partial charge in [0.05, 0.1) is 13.2 Å². The molecule has 1 aromatic heterocycles. The Bertz CT molecular complexity index is 758. The molecule has 2 aromatic rings. The molecule has 6 nitrogen and oxygen atoms in total. The van der Waals surface area contributed by atoms with Gasteiger partial charge >= 0.3 is 0 Å². The lowest BCUT2D eigenvalue weighted by Gasteiger charge is -2.26. The van der Waals surface area contributed by atoms with Crippen LogP contribution in [-0.2, 0) is 11.3 Å². The lowest BCUT2D eigenvalue weighted by Crippen LogP contribution is -2.41. The van der Waals surface area contributed by atoms with Gasteiger partial charge in [-0.3, -0.25) is 9.59 Å². The number of rotatable bonds is 5. The van der Waals surface area contributed by atoms with Gasteiger partial charge in [-0.2, -0.15) is 0 Å². The molecule has 3 rings (SSSR count). The monoisotopic (exact) mass is 353 g/mol. The molecular weight excluding hydrogens is 330 g/mol. The van der Waals surface area contributed by atoms with Gasteiger partial charge in [-0.1, -0.05) is 36.4 Å². The number of benzene rings is 1. The van der Waals surface area contributed by atoms with Gasteiger partial charge in [0.1, 0.15) is 11.4 Å². The van der Waals surface area contributed by atoms with E-state index < -0.39 is 0 Å². The van der Waals surface area contributed by atoms with E-state index in [1.54, 1.807) is 28.0 Å². The summed E-state index contributed by atoms with van der Waals surface area (Å²) < 4.78 is 5.28. The van der Waals surface area contributed by atoms with Gasteiger partial charge in [0.2, 0.25) is 0 Å². The summed E-state index contributed by atoms with van der Waals surface area (Å²) in [5.41, 5.74) is 1.65. The van der Waals surface area contributed by atoms with Crippen molar-refractivity contribution in [3.63, 3.8) is 0 Å². The van der Waals surface area contributed by atoms with Crippen molar-refractivity contribution in [2.45, 2.75) is 13.5 Å². The fourth-order valence-electron chi connectivity index (χ4n) is 2.89. The van der Waals surface area contributed by atoms with Crippen LogP contribution in [0.4, 0.5) is 0 Å². The summed E-state index contributed by atoms with van der Waals surface area (Å²) in [6.07, 6.45) is 0. The van der Waals surface area contributed by atoms with Crippen LogP contribution >= 0.6 is 0 Å². The van der Waals surface area contributed by atoms with Gasteiger partial charge in [0.15, 0.2) is 0 Å². The highest BCUT2D eigenvalue weighted by Gasteiger charge is 2.22. The zero-order valence-electron chi connectivity index (χ0n) is 14.9. The zero-order valence-corrected chi connectivity index (χ0v) is 14.9. The molecule has 26 heavy (non-hydrogen) atoms. The van der Waals surface area contributed by atoms with E-state index in [1.807, 2.05) is 37.3 Å². The predicted molar refractivity (Wildman–Crippen MR) is 97.8 cm³/mol. The normalized spacial score (nSPS) is 14.1. The third-order valence-corrected chi connectivity index (χ3v) is 4.37. The van der Waals surface area contributed by atoms with Crippen LogP contribution in [0.5, 0.6) is 0 Å². The Kier molecular flexibility index (Phi) is 5.96. The average molecular weight is 353 g/mol. The minimum atomic E-state index is -0.173. The Morgan fingerprint density at radius 3 is 2.42 bits per heavy atom. The maximum atomic E-state index is 12.8. The minimum absolute atomic E-state index is 0.158. The molecule has 2 amide bonds. The number of nitrogens with zero attached hydrogens (tertiary/aromatic N) is 3. The molecule has 6 heteroatoms. The van der Waals surface area contributed by atoms with Crippen molar-refractivity contribution in [2.75, 3.05) is 32.8 Å². The number of hydrogen-bond acceptors (Lipinski definition) is 4. The first kappa shape index (κ1) is 18.1. The topological polar surface area (TPSA) is 62.7 Å². The Labute approximate surface area is 153 Å². The summed E-state index contributed by atoms with van der Waals surface area (Å²) in [6, 6.07) is 14.9. The van der Waals surface area contributed by atoms with Crippen molar-refractivity contribution < 1.29 is 14.3 Å². The Balaban J connectivity index is 1.75. The second-order valence-corrected chi connectivity index (χ2v) is 6.12. The summed E-state index contributed by atoms with van der Waals surface area (Å²) in [5.74, 6) is -0.331. The van der Waals surface area contributed by atoms with E-state index in [4.69, 9.17) is 4.74 Å². The van der Waals surface area contributed by atoms with E-state index in [0.717, 1.165) is 5.56 Å². The number of pyridine rings is 1. The summed E-state index contributed by atoms with van der Waals surface area (Å²) in [7, 11) is 0. The van der Waals surface area contributed by atoms with Crippen molar-refractivity contribution in [3.05, 3.63) is 65.5 Å². The fraction of sp³-hybridized carbons (Fsp3) is 0.350. The molecule has 0 radical (unpaired) electrons. The number of morpholine rings is 1. The Hall–Kier alpha value is -2.73. The largest absolute Gasteiger partial charge is 0.378 e. The molecule has 136 valence electrons. The lowest BCUT2D eigenvalue weighted by atomic mass is 10.2. The summed E-state index contributed by atoms with van der Waals surface area (Å²) >= 11 is 0. The quantitative estimate of drug-likeness (QED) is 0.827. The van der Waals surface area contributed by atoms with E-state index in [1.165, 1.54) is 0 Å². The molecule has 0 saturated carbocycles. The maximum Gasteiger partial charge on any atom is 0.272 e. The van der Waals surface area contributed by atoms with Crippen LogP contribution in [0.15, 0.2) is 48.5 Å². The predicted octanol–water partition coefficient (Wildman–Crippen LogP) is 2.22. The number of hydrogen-bond donors (Lipinski definition) is 0. The highest BCUT2D eigenvalue weighted by molar-refractivity contribution is 5.96. The third kappa shape index (κ3) is 4.26. The molecular formula is C20H23N3O3. The van der Waals surface area contributed by atoms with Gasteiger partial charge < -0.3 is 14.5 Å². The minimum Gasteiger partial charge on any atom is -0.378 e. The van der Waals surface area contributed by atoms with Crippen LogP contribution in [0.3, 0.4) is 0 Å². The van der Waals surface area contributed by atoms with Crippen LogP contribution in [0.25, 0.3) is 0 Å². The molecule has 0 N–H and O–H groups in total. The smallest absolute Gasteiger partial charge is 0.272 e. The number of carbonyl (C=O) groups is 2. The number of amides is 2. The Morgan fingerprint density at radius 1 is 1.04 bits per heavy atom. The molecule has 0 unspecified atom stereocenters. The first-order valence-electron chi connectivity index (χ1n) is 8.86. The van der Waals surface area contributed by atoms with E-state index in [9.17, 15) is 9.59 Å². The van der Waals surface area contributed by atoms with Crippen molar-refractivity contribution in [3.8, 4) is 0 Å². The molecule has 1 fully saturated rings. The molecule has 1 saturated heterocycles. The van der Waals surface area contributed by atoms with Crippen molar-refractivity contribution in [1.82, 2.24) is 14.8 Å². The van der Waals surface area contributed by atoms with E-state index >= 15 is 0 Å². The summed E-state index contributed by atoms with van der Waals surface area (Å²) in [5, 5.41) is 0. The zero-order chi connectivity index (χ0) is 18.4. The van der Waals surface area contributed by atoms with E-state index in [2.05, 4.69) is 4.98 Å². The van der Waals surface area contributed by atoms with Crippen LogP contribution in [0.1, 0.15) is 33.5 Å².